The van der Waals surface area contributed by atoms with Crippen molar-refractivity contribution in [2.45, 2.75) is 42.8 Å². The molecule has 2 bridgehead atoms. The number of amides is 1. The average molecular weight is 481 g/mol. The fraction of sp³-hybridized carbons (Fsp3) is 0.381. The molecule has 2 fully saturated rings. The molecule has 1 aromatic heterocycles. The molecule has 7 nitrogen and oxygen atoms in total. The molecule has 0 aliphatic carbocycles. The molecule has 2 aromatic rings. The third-order valence-corrected chi connectivity index (χ3v) is 8.17. The minimum atomic E-state index is -4.02. The highest BCUT2D eigenvalue weighted by Gasteiger charge is 2.49. The van der Waals surface area contributed by atoms with Crippen LogP contribution in [0.2, 0.25) is 10.0 Å². The number of hydrogen-bond acceptors (Lipinski definition) is 5. The second kappa shape index (κ2) is 8.86. The van der Waals surface area contributed by atoms with Gasteiger partial charge in [-0.3, -0.25) is 14.8 Å². The molecule has 1 aromatic carbocycles. The quantitative estimate of drug-likeness (QED) is 0.611. The lowest BCUT2D eigenvalue weighted by molar-refractivity contribution is -0.135. The Kier molecular flexibility index (Phi) is 6.35. The van der Waals surface area contributed by atoms with Crippen LogP contribution in [0.4, 0.5) is 0 Å². The molecule has 10 heteroatoms. The Balaban J connectivity index is 1.76. The Morgan fingerprint density at radius 3 is 2.55 bits per heavy atom. The fourth-order valence-corrected chi connectivity index (χ4v) is 7.04. The average Bonchev–Trinajstić information content (AvgIpc) is 2.81. The smallest absolute Gasteiger partial charge is 0.244 e. The molecule has 164 valence electrons. The second-order valence-electron chi connectivity index (χ2n) is 7.77. The molecule has 3 atom stereocenters. The lowest BCUT2D eigenvalue weighted by atomic mass is 9.90. The molecule has 0 N–H and O–H groups in total. The molecule has 0 unspecified atom stereocenters. The summed E-state index contributed by atoms with van der Waals surface area (Å²) in [6.45, 7) is 4.55. The topological polar surface area (TPSA) is 83.5 Å². The SMILES string of the molecule is C=C[C@@H]1CN(Cc2cnccn2)C(=O)[C@@H]2CCC[C@H]1N2S(=O)(=O)c1cc(Cl)cc(Cl)c1. The van der Waals surface area contributed by atoms with Crippen molar-refractivity contribution in [3.8, 4) is 0 Å². The summed E-state index contributed by atoms with van der Waals surface area (Å²) in [5.41, 5.74) is 0.645. The maximum Gasteiger partial charge on any atom is 0.244 e. The summed E-state index contributed by atoms with van der Waals surface area (Å²) in [6.07, 6.45) is 8.33. The van der Waals surface area contributed by atoms with Crippen molar-refractivity contribution in [1.29, 1.82) is 0 Å². The van der Waals surface area contributed by atoms with E-state index in [1.165, 1.54) is 22.5 Å². The van der Waals surface area contributed by atoms with E-state index < -0.39 is 16.1 Å². The van der Waals surface area contributed by atoms with Crippen LogP contribution in [0, 0.1) is 5.92 Å². The van der Waals surface area contributed by atoms with Crippen molar-refractivity contribution in [1.82, 2.24) is 19.2 Å². The number of aromatic nitrogens is 2. The predicted octanol–water partition coefficient (Wildman–Crippen LogP) is 3.54. The number of piperidine rings is 1. The van der Waals surface area contributed by atoms with E-state index in [9.17, 15) is 13.2 Å². The van der Waals surface area contributed by atoms with Gasteiger partial charge in [-0.25, -0.2) is 8.42 Å². The first kappa shape index (κ1) is 22.2. The normalized spacial score (nSPS) is 24.6. The van der Waals surface area contributed by atoms with Gasteiger partial charge in [0.25, 0.3) is 0 Å². The minimum absolute atomic E-state index is 0.0140. The van der Waals surface area contributed by atoms with Crippen LogP contribution in [0.5, 0.6) is 0 Å². The van der Waals surface area contributed by atoms with E-state index in [-0.39, 0.29) is 39.4 Å². The van der Waals surface area contributed by atoms with Crippen LogP contribution >= 0.6 is 23.2 Å². The number of sulfonamides is 1. The van der Waals surface area contributed by atoms with Gasteiger partial charge in [0, 0.05) is 40.9 Å². The molecule has 4 rings (SSSR count). The minimum Gasteiger partial charge on any atom is -0.335 e. The fourth-order valence-electron chi connectivity index (χ4n) is 4.44. The first-order valence-corrected chi connectivity index (χ1v) is 12.2. The van der Waals surface area contributed by atoms with E-state index in [0.717, 1.165) is 6.42 Å². The first-order valence-electron chi connectivity index (χ1n) is 9.97. The van der Waals surface area contributed by atoms with Gasteiger partial charge in [-0.05, 0) is 37.5 Å². The first-order chi connectivity index (χ1) is 14.8. The number of carbonyl (C=O) groups excluding carboxylic acids is 1. The van der Waals surface area contributed by atoms with Gasteiger partial charge in [-0.2, -0.15) is 4.31 Å². The molecule has 2 aliphatic rings. The molecule has 3 heterocycles. The summed E-state index contributed by atoms with van der Waals surface area (Å²) in [5, 5.41) is 0.448. The van der Waals surface area contributed by atoms with Gasteiger partial charge in [0.1, 0.15) is 6.04 Å². The van der Waals surface area contributed by atoms with Crippen molar-refractivity contribution in [3.05, 3.63) is 65.2 Å². The zero-order valence-electron chi connectivity index (χ0n) is 16.7. The summed E-state index contributed by atoms with van der Waals surface area (Å²) in [7, 11) is -4.02. The van der Waals surface area contributed by atoms with Gasteiger partial charge in [0.05, 0.1) is 23.3 Å². The largest absolute Gasteiger partial charge is 0.335 e. The van der Waals surface area contributed by atoms with Crippen molar-refractivity contribution < 1.29 is 13.2 Å². The molecular weight excluding hydrogens is 459 g/mol. The maximum absolute atomic E-state index is 13.7. The van der Waals surface area contributed by atoms with Gasteiger partial charge >= 0.3 is 0 Å². The molecule has 0 spiro atoms. The van der Waals surface area contributed by atoms with E-state index >= 15 is 0 Å². The van der Waals surface area contributed by atoms with Gasteiger partial charge in [0.15, 0.2) is 0 Å². The Hall–Kier alpha value is -2.00. The van der Waals surface area contributed by atoms with Gasteiger partial charge in [0.2, 0.25) is 15.9 Å². The summed E-state index contributed by atoms with van der Waals surface area (Å²) >= 11 is 12.1. The standard InChI is InChI=1S/C21H22Cl2N4O3S/c1-2-14-12-26(13-17-11-24-6-7-25-17)21(28)20-5-3-4-19(14)27(20)31(29,30)18-9-15(22)8-16(23)10-18/h2,6-11,14,19-20H,1,3-5,12-13H2/t14-,19-,20+/m1/s1. The highest BCUT2D eigenvalue weighted by Crippen LogP contribution is 2.38. The van der Waals surface area contributed by atoms with Crippen LogP contribution < -0.4 is 0 Å². The van der Waals surface area contributed by atoms with Crippen molar-refractivity contribution >= 4 is 39.1 Å². The van der Waals surface area contributed by atoms with E-state index in [2.05, 4.69) is 16.5 Å². The molecular formula is C21H22Cl2N4O3S. The summed E-state index contributed by atoms with van der Waals surface area (Å²) < 4.78 is 28.8. The Labute approximate surface area is 191 Å². The molecule has 0 radical (unpaired) electrons. The lowest BCUT2D eigenvalue weighted by Gasteiger charge is -2.40. The van der Waals surface area contributed by atoms with E-state index in [4.69, 9.17) is 23.2 Å². The van der Waals surface area contributed by atoms with Crippen molar-refractivity contribution in [2.75, 3.05) is 6.54 Å². The highest BCUT2D eigenvalue weighted by atomic mass is 35.5. The molecule has 2 saturated heterocycles. The number of halogens is 2. The van der Waals surface area contributed by atoms with Crippen LogP contribution in [-0.2, 0) is 21.4 Å². The van der Waals surface area contributed by atoms with E-state index in [1.54, 1.807) is 29.6 Å². The molecule has 0 saturated carbocycles. The second-order valence-corrected chi connectivity index (χ2v) is 10.5. The van der Waals surface area contributed by atoms with Crippen molar-refractivity contribution in [3.63, 3.8) is 0 Å². The van der Waals surface area contributed by atoms with Gasteiger partial charge < -0.3 is 4.90 Å². The highest BCUT2D eigenvalue weighted by molar-refractivity contribution is 7.89. The van der Waals surface area contributed by atoms with Crippen LogP contribution in [0.1, 0.15) is 25.0 Å². The van der Waals surface area contributed by atoms with Gasteiger partial charge in [-0.15, -0.1) is 6.58 Å². The van der Waals surface area contributed by atoms with E-state index in [1.807, 2.05) is 0 Å². The van der Waals surface area contributed by atoms with Crippen LogP contribution in [0.15, 0.2) is 54.3 Å². The Morgan fingerprint density at radius 2 is 1.90 bits per heavy atom. The number of benzene rings is 1. The van der Waals surface area contributed by atoms with E-state index in [0.29, 0.717) is 25.1 Å². The molecule has 2 aliphatic heterocycles. The molecule has 31 heavy (non-hydrogen) atoms. The number of carbonyl (C=O) groups is 1. The summed E-state index contributed by atoms with van der Waals surface area (Å²) in [5.74, 6) is -0.466. The van der Waals surface area contributed by atoms with Crippen LogP contribution in [0.25, 0.3) is 0 Å². The summed E-state index contributed by atoms with van der Waals surface area (Å²) in [6, 6.07) is 3.03. The predicted molar refractivity (Wildman–Crippen MR) is 118 cm³/mol. The monoisotopic (exact) mass is 480 g/mol. The number of nitrogens with zero attached hydrogens (tertiary/aromatic N) is 4. The Bertz CT molecular complexity index is 1080. The third kappa shape index (κ3) is 4.35. The maximum atomic E-state index is 13.7. The number of hydrogen-bond donors (Lipinski definition) is 0. The lowest BCUT2D eigenvalue weighted by Crippen LogP contribution is -2.54. The number of fused-ring (bicyclic) bond motifs is 2. The van der Waals surface area contributed by atoms with Crippen LogP contribution in [-0.4, -0.2) is 52.1 Å². The van der Waals surface area contributed by atoms with Crippen LogP contribution in [0.3, 0.4) is 0 Å². The summed E-state index contributed by atoms with van der Waals surface area (Å²) in [4.78, 5) is 23.5. The Morgan fingerprint density at radius 1 is 1.16 bits per heavy atom. The van der Waals surface area contributed by atoms with Crippen molar-refractivity contribution in [2.24, 2.45) is 5.92 Å². The zero-order valence-corrected chi connectivity index (χ0v) is 19.0. The zero-order chi connectivity index (χ0) is 22.2. The number of rotatable bonds is 5. The molecule has 1 amide bonds. The third-order valence-electron chi connectivity index (χ3n) is 5.82. The van der Waals surface area contributed by atoms with Gasteiger partial charge in [-0.1, -0.05) is 29.3 Å².